The highest BCUT2D eigenvalue weighted by Gasteiger charge is 2.22. The number of aryl methyl sites for hydroxylation is 1. The molecule has 106 valence electrons. The Morgan fingerprint density at radius 3 is 2.71 bits per heavy atom. The zero-order chi connectivity index (χ0) is 14.4. The highest BCUT2D eigenvalue weighted by atomic mass is 15.2. The van der Waals surface area contributed by atoms with E-state index in [4.69, 9.17) is 0 Å². The van der Waals surface area contributed by atoms with Crippen molar-refractivity contribution in [2.75, 3.05) is 11.9 Å². The summed E-state index contributed by atoms with van der Waals surface area (Å²) in [6.45, 7) is 3.25. The molecule has 0 N–H and O–H groups in total. The summed E-state index contributed by atoms with van der Waals surface area (Å²) in [4.78, 5) is 2.27. The van der Waals surface area contributed by atoms with Crippen LogP contribution in [0.15, 0.2) is 42.5 Å². The zero-order valence-electron chi connectivity index (χ0n) is 12.5. The molecule has 0 saturated heterocycles. The van der Waals surface area contributed by atoms with E-state index in [1.807, 2.05) is 0 Å². The molecule has 0 amide bonds. The van der Waals surface area contributed by atoms with Crippen molar-refractivity contribution < 1.29 is 4.57 Å². The molecule has 3 aromatic rings. The smallest absolute Gasteiger partial charge is 0.244 e. The van der Waals surface area contributed by atoms with E-state index in [-0.39, 0.29) is 0 Å². The number of nitrogens with zero attached hydrogens (tertiary/aromatic N) is 3. The quantitative estimate of drug-likeness (QED) is 0.526. The van der Waals surface area contributed by atoms with Gasteiger partial charge in [-0.2, -0.15) is 0 Å². The Labute approximate surface area is 125 Å². The molecule has 3 heteroatoms. The number of hydrogen-bond donors (Lipinski definition) is 0. The Bertz CT molecular complexity index is 816. The van der Waals surface area contributed by atoms with Gasteiger partial charge >= 0.3 is 0 Å². The molecule has 0 fully saturated rings. The van der Waals surface area contributed by atoms with Crippen molar-refractivity contribution in [3.05, 3.63) is 48.8 Å². The van der Waals surface area contributed by atoms with Gasteiger partial charge in [-0.15, -0.1) is 0 Å². The van der Waals surface area contributed by atoms with Gasteiger partial charge in [0, 0.05) is 18.4 Å². The van der Waals surface area contributed by atoms with Gasteiger partial charge in [-0.25, -0.2) is 0 Å². The second-order valence-corrected chi connectivity index (χ2v) is 5.63. The van der Waals surface area contributed by atoms with Crippen LogP contribution in [0, 0.1) is 6.33 Å². The predicted molar refractivity (Wildman–Crippen MR) is 85.3 cm³/mol. The second-order valence-electron chi connectivity index (χ2n) is 5.63. The first-order valence-corrected chi connectivity index (χ1v) is 7.61. The summed E-state index contributed by atoms with van der Waals surface area (Å²) in [6, 6.07) is 15.0. The maximum Gasteiger partial charge on any atom is 0.244 e. The molecule has 0 bridgehead atoms. The first kappa shape index (κ1) is 12.5. The van der Waals surface area contributed by atoms with Crippen molar-refractivity contribution in [1.82, 2.24) is 4.57 Å². The van der Waals surface area contributed by atoms with Gasteiger partial charge in [-0.05, 0) is 18.6 Å². The molecule has 0 aliphatic carbocycles. The number of fused-ring (bicyclic) bond motifs is 2. The third-order valence-corrected chi connectivity index (χ3v) is 4.31. The van der Waals surface area contributed by atoms with Gasteiger partial charge in [0.25, 0.3) is 0 Å². The minimum atomic E-state index is 1.02. The van der Waals surface area contributed by atoms with Crippen LogP contribution in [-0.2, 0) is 6.54 Å². The largest absolute Gasteiger partial charge is 0.354 e. The normalized spacial score (nSPS) is 12.8. The molecule has 0 saturated carbocycles. The lowest BCUT2D eigenvalue weighted by Gasteiger charge is -2.30. The third-order valence-electron chi connectivity index (χ3n) is 4.31. The zero-order valence-corrected chi connectivity index (χ0v) is 12.5. The van der Waals surface area contributed by atoms with Gasteiger partial charge in [0.2, 0.25) is 6.33 Å². The maximum atomic E-state index is 3.55. The number of imidazole rings is 1. The summed E-state index contributed by atoms with van der Waals surface area (Å²) in [5.41, 5.74) is 6.21. The Morgan fingerprint density at radius 1 is 1.05 bits per heavy atom. The molecule has 21 heavy (non-hydrogen) atoms. The summed E-state index contributed by atoms with van der Waals surface area (Å²) in [5, 5.41) is 0. The monoisotopic (exact) mass is 277 g/mol. The first-order valence-electron chi connectivity index (χ1n) is 7.61. The highest BCUT2D eigenvalue weighted by molar-refractivity contribution is 5.92. The summed E-state index contributed by atoms with van der Waals surface area (Å²) >= 11 is 0. The van der Waals surface area contributed by atoms with E-state index in [0.29, 0.717) is 0 Å². The van der Waals surface area contributed by atoms with E-state index in [1.165, 1.54) is 40.9 Å². The SMILES string of the molecule is CCCCn1[c-][n+]2c3c(cccc31)N(C)c1ccccc1-2. The van der Waals surface area contributed by atoms with Crippen LogP contribution in [0.4, 0.5) is 11.4 Å². The number of hydrogen-bond acceptors (Lipinski definition) is 1. The van der Waals surface area contributed by atoms with Crippen molar-refractivity contribution >= 4 is 22.4 Å². The lowest BCUT2D eigenvalue weighted by molar-refractivity contribution is -0.572. The topological polar surface area (TPSA) is 12.0 Å². The lowest BCUT2D eigenvalue weighted by atomic mass is 10.1. The molecule has 0 spiro atoms. The molecule has 2 aromatic carbocycles. The number of rotatable bonds is 3. The standard InChI is InChI=1S/C18H19N3/c1-3-4-12-20-13-21-15-9-6-5-8-14(15)19(2)16-10-7-11-17(20)18(16)21/h5-11H,3-4,12H2,1-2H3. The van der Waals surface area contributed by atoms with Crippen LogP contribution in [0.25, 0.3) is 16.7 Å². The molecule has 2 heterocycles. The van der Waals surface area contributed by atoms with Crippen molar-refractivity contribution in [3.8, 4) is 5.69 Å². The lowest BCUT2D eigenvalue weighted by Crippen LogP contribution is -2.36. The molecule has 4 rings (SSSR count). The molecule has 1 aliphatic heterocycles. The van der Waals surface area contributed by atoms with Crippen LogP contribution in [0.2, 0.25) is 0 Å². The van der Waals surface area contributed by atoms with E-state index >= 15 is 0 Å². The van der Waals surface area contributed by atoms with Crippen LogP contribution in [0.3, 0.4) is 0 Å². The number of unbranched alkanes of at least 4 members (excludes halogenated alkanes) is 1. The Kier molecular flexibility index (Phi) is 2.74. The van der Waals surface area contributed by atoms with Crippen LogP contribution < -0.4 is 9.47 Å². The van der Waals surface area contributed by atoms with Gasteiger partial charge in [-0.3, -0.25) is 0 Å². The van der Waals surface area contributed by atoms with E-state index in [1.54, 1.807) is 0 Å². The Morgan fingerprint density at radius 2 is 1.86 bits per heavy atom. The molecule has 1 aliphatic rings. The average Bonchev–Trinajstić information content (AvgIpc) is 2.90. The van der Waals surface area contributed by atoms with Gasteiger partial charge in [0.15, 0.2) is 0 Å². The minimum Gasteiger partial charge on any atom is -0.354 e. The summed E-state index contributed by atoms with van der Waals surface area (Å²) in [6.07, 6.45) is 5.93. The van der Waals surface area contributed by atoms with E-state index < -0.39 is 0 Å². The van der Waals surface area contributed by atoms with Crippen LogP contribution in [0.1, 0.15) is 19.8 Å². The van der Waals surface area contributed by atoms with Gasteiger partial charge < -0.3 is 14.0 Å². The van der Waals surface area contributed by atoms with Gasteiger partial charge in [-0.1, -0.05) is 43.7 Å². The van der Waals surface area contributed by atoms with Crippen LogP contribution in [-0.4, -0.2) is 11.6 Å². The molecule has 0 atom stereocenters. The number of aromatic nitrogens is 2. The minimum absolute atomic E-state index is 1.02. The fourth-order valence-electron chi connectivity index (χ4n) is 3.19. The van der Waals surface area contributed by atoms with Crippen LogP contribution >= 0.6 is 0 Å². The first-order chi connectivity index (χ1) is 10.3. The number of para-hydroxylation sites is 3. The maximum absolute atomic E-state index is 3.55. The molecule has 3 nitrogen and oxygen atoms in total. The molecule has 0 radical (unpaired) electrons. The molecular weight excluding hydrogens is 258 g/mol. The fourth-order valence-corrected chi connectivity index (χ4v) is 3.19. The summed E-state index contributed by atoms with van der Waals surface area (Å²) < 4.78 is 4.48. The van der Waals surface area contributed by atoms with Gasteiger partial charge in [0.05, 0.1) is 23.3 Å². The van der Waals surface area contributed by atoms with Crippen molar-refractivity contribution in [2.45, 2.75) is 26.3 Å². The Balaban J connectivity index is 2.03. The van der Waals surface area contributed by atoms with E-state index in [0.717, 1.165) is 6.54 Å². The average molecular weight is 277 g/mol. The molecule has 0 unspecified atom stereocenters. The molecule has 1 aromatic heterocycles. The van der Waals surface area contributed by atoms with E-state index in [2.05, 4.69) is 76.8 Å². The summed E-state index contributed by atoms with van der Waals surface area (Å²) in [5.74, 6) is 0. The van der Waals surface area contributed by atoms with Crippen molar-refractivity contribution in [2.24, 2.45) is 0 Å². The van der Waals surface area contributed by atoms with Crippen LogP contribution in [0.5, 0.6) is 0 Å². The van der Waals surface area contributed by atoms with E-state index in [9.17, 15) is 0 Å². The molecular formula is C18H19N3. The van der Waals surface area contributed by atoms with Crippen molar-refractivity contribution in [3.63, 3.8) is 0 Å². The predicted octanol–water partition coefficient (Wildman–Crippen LogP) is 3.60. The highest BCUT2D eigenvalue weighted by Crippen LogP contribution is 2.36. The third kappa shape index (κ3) is 1.70. The second kappa shape index (κ2) is 4.62. The summed E-state index contributed by atoms with van der Waals surface area (Å²) in [7, 11) is 2.14. The number of benzene rings is 2. The van der Waals surface area contributed by atoms with Gasteiger partial charge in [0.1, 0.15) is 0 Å². The Hall–Kier alpha value is -2.29. The number of anilines is 2. The fraction of sp³-hybridized carbons (Fsp3) is 0.278. The van der Waals surface area contributed by atoms with Crippen molar-refractivity contribution in [1.29, 1.82) is 0 Å².